The van der Waals surface area contributed by atoms with Gasteiger partial charge in [-0.2, -0.15) is 0 Å². The third-order valence-corrected chi connectivity index (χ3v) is 3.51. The van der Waals surface area contributed by atoms with Crippen LogP contribution in [0.4, 0.5) is 0 Å². The van der Waals surface area contributed by atoms with Crippen LogP contribution in [0, 0.1) is 0 Å². The van der Waals surface area contributed by atoms with Gasteiger partial charge in [0.15, 0.2) is 0 Å². The van der Waals surface area contributed by atoms with Crippen molar-refractivity contribution in [3.63, 3.8) is 0 Å². The highest BCUT2D eigenvalue weighted by atomic mass is 35.5. The predicted octanol–water partition coefficient (Wildman–Crippen LogP) is 1.75. The molecule has 7 heteroatoms. The molecule has 1 atom stereocenters. The van der Waals surface area contributed by atoms with Crippen molar-refractivity contribution in [3.05, 3.63) is 39.4 Å². The van der Waals surface area contributed by atoms with Crippen LogP contribution in [-0.2, 0) is 0 Å². The first-order valence-corrected chi connectivity index (χ1v) is 6.01. The number of methoxy groups -OCH3 is 1. The fourth-order valence-corrected chi connectivity index (χ4v) is 2.55. The second-order valence-electron chi connectivity index (χ2n) is 3.23. The van der Waals surface area contributed by atoms with Gasteiger partial charge >= 0.3 is 0 Å². The van der Waals surface area contributed by atoms with Gasteiger partial charge in [0.05, 0.1) is 23.2 Å². The molecule has 2 heterocycles. The maximum atomic E-state index is 5.90. The zero-order valence-corrected chi connectivity index (χ0v) is 10.6. The molecule has 2 aromatic rings. The Kier molecular flexibility index (Phi) is 3.90. The van der Waals surface area contributed by atoms with E-state index in [1.165, 1.54) is 17.7 Å². The zero-order valence-electron chi connectivity index (χ0n) is 9.05. The van der Waals surface area contributed by atoms with Crippen LogP contribution >= 0.6 is 22.9 Å². The van der Waals surface area contributed by atoms with E-state index in [1.54, 1.807) is 13.2 Å². The molecule has 0 radical (unpaired) electrons. The van der Waals surface area contributed by atoms with Gasteiger partial charge in [-0.3, -0.25) is 5.84 Å². The van der Waals surface area contributed by atoms with Crippen LogP contribution in [-0.4, -0.2) is 17.1 Å². The molecule has 0 aliphatic heterocycles. The van der Waals surface area contributed by atoms with E-state index in [4.69, 9.17) is 22.2 Å². The quantitative estimate of drug-likeness (QED) is 0.654. The van der Waals surface area contributed by atoms with Gasteiger partial charge in [0.25, 0.3) is 0 Å². The summed E-state index contributed by atoms with van der Waals surface area (Å²) in [4.78, 5) is 9.11. The molecule has 0 saturated heterocycles. The monoisotopic (exact) mass is 270 g/mol. The molecule has 17 heavy (non-hydrogen) atoms. The van der Waals surface area contributed by atoms with E-state index in [0.717, 1.165) is 10.6 Å². The zero-order chi connectivity index (χ0) is 12.3. The first-order chi connectivity index (χ1) is 8.24. The van der Waals surface area contributed by atoms with Gasteiger partial charge in [-0.25, -0.2) is 15.4 Å². The summed E-state index contributed by atoms with van der Waals surface area (Å²) in [6.45, 7) is 0. The van der Waals surface area contributed by atoms with Gasteiger partial charge in [-0.15, -0.1) is 11.3 Å². The lowest BCUT2D eigenvalue weighted by Gasteiger charge is -2.13. The molecular formula is C10H11ClN4OS. The highest BCUT2D eigenvalue weighted by Gasteiger charge is 2.16. The summed E-state index contributed by atoms with van der Waals surface area (Å²) in [6, 6.07) is 5.25. The number of thiophene rings is 1. The first-order valence-electron chi connectivity index (χ1n) is 4.82. The number of hydrazine groups is 1. The highest BCUT2D eigenvalue weighted by molar-refractivity contribution is 7.16. The van der Waals surface area contributed by atoms with Crippen molar-refractivity contribution in [2.75, 3.05) is 7.11 Å². The molecule has 0 bridgehead atoms. The number of rotatable bonds is 4. The van der Waals surface area contributed by atoms with Crippen molar-refractivity contribution in [3.8, 4) is 5.88 Å². The third-order valence-electron chi connectivity index (χ3n) is 2.21. The molecule has 2 aromatic heterocycles. The van der Waals surface area contributed by atoms with E-state index < -0.39 is 0 Å². The maximum Gasteiger partial charge on any atom is 0.216 e. The molecule has 90 valence electrons. The Balaban J connectivity index is 2.34. The van der Waals surface area contributed by atoms with E-state index in [2.05, 4.69) is 15.4 Å². The number of nitrogens with two attached hydrogens (primary N) is 1. The fourth-order valence-electron chi connectivity index (χ4n) is 1.42. The van der Waals surface area contributed by atoms with Crippen LogP contribution in [0.15, 0.2) is 24.5 Å². The number of nitrogens with zero attached hydrogens (tertiary/aromatic N) is 2. The molecule has 0 aliphatic rings. The number of halogens is 1. The number of nitrogens with one attached hydrogen (secondary N) is 1. The lowest BCUT2D eigenvalue weighted by molar-refractivity contribution is 0.395. The van der Waals surface area contributed by atoms with E-state index in [-0.39, 0.29) is 6.04 Å². The number of hydrogen-bond donors (Lipinski definition) is 2. The van der Waals surface area contributed by atoms with Crippen LogP contribution in [0.2, 0.25) is 4.34 Å². The molecule has 5 nitrogen and oxygen atoms in total. The average Bonchev–Trinajstić information content (AvgIpc) is 2.77. The molecule has 0 spiro atoms. The largest absolute Gasteiger partial charge is 0.481 e. The Labute approximate surface area is 108 Å². The van der Waals surface area contributed by atoms with Gasteiger partial charge in [-0.05, 0) is 12.1 Å². The Morgan fingerprint density at radius 3 is 2.88 bits per heavy atom. The smallest absolute Gasteiger partial charge is 0.216 e. The average molecular weight is 271 g/mol. The predicted molar refractivity (Wildman–Crippen MR) is 67.1 cm³/mol. The van der Waals surface area contributed by atoms with E-state index in [1.807, 2.05) is 12.1 Å². The summed E-state index contributed by atoms with van der Waals surface area (Å²) in [5, 5.41) is 0. The van der Waals surface area contributed by atoms with Gasteiger partial charge in [0, 0.05) is 10.9 Å². The minimum absolute atomic E-state index is 0.218. The standard InChI is InChI=1S/C10H11ClN4OS/c1-16-9-4-6(13-5-14-9)10(15-12)7-2-3-8(11)17-7/h2-5,10,15H,12H2,1H3. The summed E-state index contributed by atoms with van der Waals surface area (Å²) in [5.74, 6) is 6.05. The van der Waals surface area contributed by atoms with Crippen molar-refractivity contribution < 1.29 is 4.74 Å². The highest BCUT2D eigenvalue weighted by Crippen LogP contribution is 2.30. The van der Waals surface area contributed by atoms with Gasteiger partial charge in [-0.1, -0.05) is 11.6 Å². The van der Waals surface area contributed by atoms with Crippen LogP contribution in [0.3, 0.4) is 0 Å². The van der Waals surface area contributed by atoms with Crippen molar-refractivity contribution in [2.45, 2.75) is 6.04 Å². The second-order valence-corrected chi connectivity index (χ2v) is 4.97. The Hall–Kier alpha value is -1.21. The van der Waals surface area contributed by atoms with E-state index in [0.29, 0.717) is 10.2 Å². The van der Waals surface area contributed by atoms with Crippen LogP contribution in [0.1, 0.15) is 16.6 Å². The topological polar surface area (TPSA) is 73.1 Å². The maximum absolute atomic E-state index is 5.90. The lowest BCUT2D eigenvalue weighted by atomic mass is 10.2. The number of ether oxygens (including phenoxy) is 1. The Morgan fingerprint density at radius 2 is 2.29 bits per heavy atom. The molecule has 0 fully saturated rings. The summed E-state index contributed by atoms with van der Waals surface area (Å²) in [6.07, 6.45) is 1.44. The molecule has 3 N–H and O–H groups in total. The summed E-state index contributed by atoms with van der Waals surface area (Å²) < 4.78 is 5.76. The molecule has 0 aromatic carbocycles. The fraction of sp³-hybridized carbons (Fsp3) is 0.200. The van der Waals surface area contributed by atoms with Gasteiger partial charge < -0.3 is 4.74 Å². The third kappa shape index (κ3) is 2.73. The lowest BCUT2D eigenvalue weighted by Crippen LogP contribution is -2.28. The van der Waals surface area contributed by atoms with E-state index in [9.17, 15) is 0 Å². The number of hydrogen-bond acceptors (Lipinski definition) is 6. The normalized spacial score (nSPS) is 12.4. The first kappa shape index (κ1) is 12.3. The van der Waals surface area contributed by atoms with Gasteiger partial charge in [0.1, 0.15) is 6.33 Å². The van der Waals surface area contributed by atoms with E-state index >= 15 is 0 Å². The minimum Gasteiger partial charge on any atom is -0.481 e. The Morgan fingerprint density at radius 1 is 1.47 bits per heavy atom. The van der Waals surface area contributed by atoms with Crippen molar-refractivity contribution >= 4 is 22.9 Å². The SMILES string of the molecule is COc1cc(C(NN)c2ccc(Cl)s2)ncn1. The molecule has 0 saturated carbocycles. The molecule has 2 rings (SSSR count). The van der Waals surface area contributed by atoms with Crippen molar-refractivity contribution in [2.24, 2.45) is 5.84 Å². The minimum atomic E-state index is -0.218. The molecule has 0 amide bonds. The molecular weight excluding hydrogens is 260 g/mol. The van der Waals surface area contributed by atoms with Crippen LogP contribution in [0.25, 0.3) is 0 Å². The van der Waals surface area contributed by atoms with Crippen LogP contribution in [0.5, 0.6) is 5.88 Å². The van der Waals surface area contributed by atoms with Gasteiger partial charge in [0.2, 0.25) is 5.88 Å². The molecule has 1 unspecified atom stereocenters. The second kappa shape index (κ2) is 5.42. The van der Waals surface area contributed by atoms with Crippen molar-refractivity contribution in [1.29, 1.82) is 0 Å². The molecule has 0 aliphatic carbocycles. The summed E-state index contributed by atoms with van der Waals surface area (Å²) in [7, 11) is 1.55. The number of aromatic nitrogens is 2. The summed E-state index contributed by atoms with van der Waals surface area (Å²) in [5.41, 5.74) is 3.44. The Bertz CT molecular complexity index is 505. The van der Waals surface area contributed by atoms with Crippen LogP contribution < -0.4 is 16.0 Å². The van der Waals surface area contributed by atoms with Crippen molar-refractivity contribution in [1.82, 2.24) is 15.4 Å². The summed E-state index contributed by atoms with van der Waals surface area (Å²) >= 11 is 7.35.